The molecule has 1 aliphatic heterocycles. The van der Waals surface area contributed by atoms with E-state index in [-0.39, 0.29) is 0 Å². The van der Waals surface area contributed by atoms with Crippen molar-refractivity contribution in [1.29, 1.82) is 0 Å². The van der Waals surface area contributed by atoms with E-state index in [1.807, 2.05) is 6.92 Å². The highest BCUT2D eigenvalue weighted by Crippen LogP contribution is 2.24. The molecule has 1 heterocycles. The van der Waals surface area contributed by atoms with Gasteiger partial charge in [0, 0.05) is 18.7 Å². The van der Waals surface area contributed by atoms with Crippen LogP contribution in [0.2, 0.25) is 0 Å². The lowest BCUT2D eigenvalue weighted by Gasteiger charge is -2.27. The predicted octanol–water partition coefficient (Wildman–Crippen LogP) is 2.14. The van der Waals surface area contributed by atoms with Gasteiger partial charge < -0.3 is 5.11 Å². The minimum absolute atomic E-state index is 0.627. The van der Waals surface area contributed by atoms with Gasteiger partial charge in [0.1, 0.15) is 0 Å². The summed E-state index contributed by atoms with van der Waals surface area (Å²) in [6.07, 6.45) is 3.80. The third-order valence-electron chi connectivity index (χ3n) is 3.01. The first kappa shape index (κ1) is 12.2. The van der Waals surface area contributed by atoms with Crippen LogP contribution in [0.4, 0.5) is 0 Å². The van der Waals surface area contributed by atoms with Crippen LogP contribution < -0.4 is 0 Å². The molecule has 1 rings (SSSR count). The van der Waals surface area contributed by atoms with Crippen LogP contribution in [0.15, 0.2) is 11.6 Å². The van der Waals surface area contributed by atoms with Crippen molar-refractivity contribution in [1.82, 2.24) is 4.90 Å². The van der Waals surface area contributed by atoms with Crippen LogP contribution in [0, 0.1) is 5.92 Å². The maximum absolute atomic E-state index is 10.5. The van der Waals surface area contributed by atoms with Crippen molar-refractivity contribution >= 4 is 5.97 Å². The Morgan fingerprint density at radius 3 is 2.80 bits per heavy atom. The van der Waals surface area contributed by atoms with Gasteiger partial charge in [0.05, 0.1) is 0 Å². The van der Waals surface area contributed by atoms with Crippen LogP contribution in [-0.2, 0) is 4.79 Å². The summed E-state index contributed by atoms with van der Waals surface area (Å²) in [4.78, 5) is 12.9. The molecule has 0 spiro atoms. The maximum atomic E-state index is 10.5. The maximum Gasteiger partial charge on any atom is 0.328 e. The number of hydrogen-bond donors (Lipinski definition) is 1. The van der Waals surface area contributed by atoms with Crippen molar-refractivity contribution in [3.63, 3.8) is 0 Å². The molecular weight excluding hydrogens is 190 g/mol. The predicted molar refractivity (Wildman–Crippen MR) is 60.8 cm³/mol. The van der Waals surface area contributed by atoms with Crippen molar-refractivity contribution in [2.45, 2.75) is 39.7 Å². The third kappa shape index (κ3) is 3.67. The molecule has 3 heteroatoms. The monoisotopic (exact) mass is 211 g/mol. The molecule has 0 aliphatic carbocycles. The second-order valence-corrected chi connectivity index (χ2v) is 4.75. The summed E-state index contributed by atoms with van der Waals surface area (Å²) in [5, 5.41) is 8.64. The molecule has 86 valence electrons. The summed E-state index contributed by atoms with van der Waals surface area (Å²) < 4.78 is 0. The van der Waals surface area contributed by atoms with Crippen molar-refractivity contribution in [3.8, 4) is 0 Å². The number of carboxylic acid groups (broad SMARTS) is 1. The first-order chi connectivity index (χ1) is 7.00. The van der Waals surface area contributed by atoms with E-state index >= 15 is 0 Å². The van der Waals surface area contributed by atoms with Crippen LogP contribution in [0.5, 0.6) is 0 Å². The van der Waals surface area contributed by atoms with Crippen LogP contribution in [0.25, 0.3) is 0 Å². The first-order valence-electron chi connectivity index (χ1n) is 5.65. The molecule has 0 radical (unpaired) electrons. The Labute approximate surface area is 91.8 Å². The third-order valence-corrected chi connectivity index (χ3v) is 3.01. The van der Waals surface area contributed by atoms with E-state index in [1.54, 1.807) is 0 Å². The molecular formula is C12H21NO2. The van der Waals surface area contributed by atoms with Crippen molar-refractivity contribution in [2.75, 3.05) is 13.1 Å². The normalized spacial score (nSPS) is 23.7. The number of carboxylic acids is 1. The van der Waals surface area contributed by atoms with E-state index in [9.17, 15) is 4.79 Å². The summed E-state index contributed by atoms with van der Waals surface area (Å²) in [6, 6.07) is 0.627. The zero-order valence-electron chi connectivity index (χ0n) is 9.86. The Kier molecular flexibility index (Phi) is 4.33. The van der Waals surface area contributed by atoms with Gasteiger partial charge >= 0.3 is 5.97 Å². The lowest BCUT2D eigenvalue weighted by atomic mass is 10.0. The Morgan fingerprint density at radius 2 is 2.27 bits per heavy atom. The number of nitrogens with zero attached hydrogens (tertiary/aromatic N) is 1. The molecule has 1 atom stereocenters. The molecule has 0 saturated carbocycles. The fourth-order valence-electron chi connectivity index (χ4n) is 2.38. The van der Waals surface area contributed by atoms with Crippen LogP contribution in [-0.4, -0.2) is 35.1 Å². The average Bonchev–Trinajstić information content (AvgIpc) is 2.50. The van der Waals surface area contributed by atoms with Gasteiger partial charge in [-0.2, -0.15) is 0 Å². The number of likely N-dealkylation sites (tertiary alicyclic amines) is 1. The molecule has 3 nitrogen and oxygen atoms in total. The van der Waals surface area contributed by atoms with E-state index in [0.717, 1.165) is 18.7 Å². The van der Waals surface area contributed by atoms with Gasteiger partial charge in [0.25, 0.3) is 0 Å². The van der Waals surface area contributed by atoms with E-state index in [0.29, 0.717) is 12.0 Å². The van der Waals surface area contributed by atoms with Gasteiger partial charge in [-0.3, -0.25) is 4.90 Å². The average molecular weight is 211 g/mol. The molecule has 0 aromatic heterocycles. The molecule has 0 bridgehead atoms. The van der Waals surface area contributed by atoms with Gasteiger partial charge in [0.2, 0.25) is 0 Å². The summed E-state index contributed by atoms with van der Waals surface area (Å²) in [5.74, 6) is -0.182. The molecule has 0 aromatic carbocycles. The molecule has 1 N–H and O–H groups in total. The molecule has 1 fully saturated rings. The van der Waals surface area contributed by atoms with Gasteiger partial charge in [-0.05, 0) is 32.2 Å². The first-order valence-corrected chi connectivity index (χ1v) is 5.65. The standard InChI is InChI=1S/C12H21NO2/c1-9(2)11-5-4-6-13(11)8-10(3)7-12(14)15/h7,9,11H,4-6,8H2,1-3H3,(H,14,15). The molecule has 1 saturated heterocycles. The lowest BCUT2D eigenvalue weighted by Crippen LogP contribution is -2.34. The summed E-state index contributed by atoms with van der Waals surface area (Å²) >= 11 is 0. The van der Waals surface area contributed by atoms with Gasteiger partial charge in [-0.25, -0.2) is 4.79 Å². The van der Waals surface area contributed by atoms with Gasteiger partial charge in [-0.15, -0.1) is 0 Å². The van der Waals surface area contributed by atoms with E-state index in [2.05, 4.69) is 18.7 Å². The molecule has 1 aliphatic rings. The minimum atomic E-state index is -0.840. The zero-order chi connectivity index (χ0) is 11.4. The van der Waals surface area contributed by atoms with Crippen LogP contribution in [0.1, 0.15) is 33.6 Å². The fraction of sp³-hybridized carbons (Fsp3) is 0.750. The van der Waals surface area contributed by atoms with Crippen LogP contribution in [0.3, 0.4) is 0 Å². The minimum Gasteiger partial charge on any atom is -0.478 e. The highest BCUT2D eigenvalue weighted by atomic mass is 16.4. The second-order valence-electron chi connectivity index (χ2n) is 4.75. The Balaban J connectivity index is 2.54. The van der Waals surface area contributed by atoms with Crippen molar-refractivity contribution < 1.29 is 9.90 Å². The number of rotatable bonds is 4. The number of hydrogen-bond acceptors (Lipinski definition) is 2. The summed E-state index contributed by atoms with van der Waals surface area (Å²) in [5.41, 5.74) is 0.940. The zero-order valence-corrected chi connectivity index (χ0v) is 9.86. The van der Waals surface area contributed by atoms with E-state index in [1.165, 1.54) is 18.9 Å². The molecule has 0 aromatic rings. The SMILES string of the molecule is CC(=CC(=O)O)CN1CCCC1C(C)C. The highest BCUT2D eigenvalue weighted by molar-refractivity contribution is 5.80. The molecule has 0 amide bonds. The summed E-state index contributed by atoms with van der Waals surface area (Å²) in [7, 11) is 0. The van der Waals surface area contributed by atoms with E-state index < -0.39 is 5.97 Å². The van der Waals surface area contributed by atoms with Crippen molar-refractivity contribution in [2.24, 2.45) is 5.92 Å². The van der Waals surface area contributed by atoms with Gasteiger partial charge in [0.15, 0.2) is 0 Å². The Bertz CT molecular complexity index is 258. The van der Waals surface area contributed by atoms with Crippen LogP contribution >= 0.6 is 0 Å². The lowest BCUT2D eigenvalue weighted by molar-refractivity contribution is -0.131. The number of aliphatic carboxylic acids is 1. The largest absolute Gasteiger partial charge is 0.478 e. The van der Waals surface area contributed by atoms with E-state index in [4.69, 9.17) is 5.11 Å². The van der Waals surface area contributed by atoms with Crippen molar-refractivity contribution in [3.05, 3.63) is 11.6 Å². The Morgan fingerprint density at radius 1 is 1.60 bits per heavy atom. The summed E-state index contributed by atoms with van der Waals surface area (Å²) in [6.45, 7) is 8.27. The topological polar surface area (TPSA) is 40.5 Å². The number of carbonyl (C=O) groups is 1. The molecule has 15 heavy (non-hydrogen) atoms. The second kappa shape index (κ2) is 5.31. The molecule has 1 unspecified atom stereocenters. The Hall–Kier alpha value is -0.830. The quantitative estimate of drug-likeness (QED) is 0.724. The smallest absolute Gasteiger partial charge is 0.328 e. The fourth-order valence-corrected chi connectivity index (χ4v) is 2.38. The van der Waals surface area contributed by atoms with Gasteiger partial charge in [-0.1, -0.05) is 19.4 Å². The highest BCUT2D eigenvalue weighted by Gasteiger charge is 2.26.